The molecule has 0 saturated carbocycles. The Morgan fingerprint density at radius 3 is 2.57 bits per heavy atom. The van der Waals surface area contributed by atoms with E-state index in [1.807, 2.05) is 0 Å². The number of nitrogens with zero attached hydrogens (tertiary/aromatic N) is 3. The van der Waals surface area contributed by atoms with Gasteiger partial charge in [0.1, 0.15) is 0 Å². The molecule has 2 aliphatic rings. The van der Waals surface area contributed by atoms with Crippen molar-refractivity contribution in [3.8, 4) is 5.69 Å². The highest BCUT2D eigenvalue weighted by Crippen LogP contribution is 2.33. The minimum atomic E-state index is 0.683. The Morgan fingerprint density at radius 2 is 1.75 bits per heavy atom. The van der Waals surface area contributed by atoms with E-state index in [0.717, 1.165) is 18.7 Å². The maximum atomic E-state index is 4.71. The number of aromatic nitrogens is 2. The molecule has 2 aromatic carbocycles. The largest absolute Gasteiger partial charge is 0.299 e. The second-order valence-corrected chi connectivity index (χ2v) is 7.99. The van der Waals surface area contributed by atoms with Crippen molar-refractivity contribution in [3.63, 3.8) is 0 Å². The maximum absolute atomic E-state index is 4.71. The van der Waals surface area contributed by atoms with Gasteiger partial charge in [-0.3, -0.25) is 4.90 Å². The van der Waals surface area contributed by atoms with Crippen molar-refractivity contribution >= 4 is 5.57 Å². The molecule has 1 unspecified atom stereocenters. The summed E-state index contributed by atoms with van der Waals surface area (Å²) < 4.78 is 2.13. The van der Waals surface area contributed by atoms with Crippen LogP contribution in [0.25, 0.3) is 11.3 Å². The van der Waals surface area contributed by atoms with Crippen molar-refractivity contribution in [1.29, 1.82) is 0 Å². The summed E-state index contributed by atoms with van der Waals surface area (Å²) in [5, 5.41) is 4.71. The van der Waals surface area contributed by atoms with Gasteiger partial charge < -0.3 is 0 Å². The molecule has 0 spiro atoms. The van der Waals surface area contributed by atoms with Gasteiger partial charge in [-0.25, -0.2) is 4.68 Å². The summed E-state index contributed by atoms with van der Waals surface area (Å²) in [6.07, 6.45) is 9.30. The average Bonchev–Trinajstić information content (AvgIpc) is 3.41. The standard InChI is InChI=1S/C25H27N3/c1-3-8-20(9-4-1)22-15-17-27(19-22)16-14-21-10-7-13-25-24(21)18-26-28(25)23-11-5-2-6-12-23/h1-6,8-9,11-12,14,18,22H,7,10,13,15-17,19H2/b21-14-. The maximum Gasteiger partial charge on any atom is 0.0649 e. The van der Waals surface area contributed by atoms with Crippen molar-refractivity contribution in [2.45, 2.75) is 31.6 Å². The molecule has 0 bridgehead atoms. The Balaban J connectivity index is 1.31. The summed E-state index contributed by atoms with van der Waals surface area (Å²) in [5.74, 6) is 0.683. The van der Waals surface area contributed by atoms with Gasteiger partial charge in [0.2, 0.25) is 0 Å². The Bertz CT molecular complexity index is 956. The van der Waals surface area contributed by atoms with Gasteiger partial charge in [-0.05, 0) is 61.4 Å². The molecule has 1 aliphatic heterocycles. The minimum absolute atomic E-state index is 0.683. The number of hydrogen-bond donors (Lipinski definition) is 0. The predicted octanol–water partition coefficient (Wildman–Crippen LogP) is 5.08. The van der Waals surface area contributed by atoms with E-state index >= 15 is 0 Å². The molecule has 1 aromatic heterocycles. The van der Waals surface area contributed by atoms with Crippen LogP contribution in [0.15, 0.2) is 72.9 Å². The van der Waals surface area contributed by atoms with Crippen LogP contribution in [-0.2, 0) is 6.42 Å². The SMILES string of the molecule is C(/CN1CCC(c2ccccc2)C1)=C1\CCCc2c1cnn2-c1ccccc1. The molecular formula is C25H27N3. The van der Waals surface area contributed by atoms with Crippen LogP contribution in [0.2, 0.25) is 0 Å². The Kier molecular flexibility index (Phi) is 4.84. The summed E-state index contributed by atoms with van der Waals surface area (Å²) in [6.45, 7) is 3.41. The number of rotatable bonds is 4. The fraction of sp³-hybridized carbons (Fsp3) is 0.320. The topological polar surface area (TPSA) is 21.1 Å². The van der Waals surface area contributed by atoms with E-state index in [-0.39, 0.29) is 0 Å². The number of allylic oxidation sites excluding steroid dienone is 1. The van der Waals surface area contributed by atoms with Crippen molar-refractivity contribution in [3.05, 3.63) is 89.8 Å². The van der Waals surface area contributed by atoms with Gasteiger partial charge in [0.05, 0.1) is 17.6 Å². The first kappa shape index (κ1) is 17.4. The molecule has 3 nitrogen and oxygen atoms in total. The van der Waals surface area contributed by atoms with Gasteiger partial charge in [-0.15, -0.1) is 0 Å². The van der Waals surface area contributed by atoms with Crippen LogP contribution >= 0.6 is 0 Å². The van der Waals surface area contributed by atoms with E-state index in [9.17, 15) is 0 Å². The van der Waals surface area contributed by atoms with Crippen LogP contribution in [0.4, 0.5) is 0 Å². The second kappa shape index (κ2) is 7.76. The van der Waals surface area contributed by atoms with Crippen molar-refractivity contribution in [2.75, 3.05) is 19.6 Å². The predicted molar refractivity (Wildman–Crippen MR) is 115 cm³/mol. The monoisotopic (exact) mass is 369 g/mol. The van der Waals surface area contributed by atoms with E-state index < -0.39 is 0 Å². The molecular weight excluding hydrogens is 342 g/mol. The van der Waals surface area contributed by atoms with Gasteiger partial charge in [0.25, 0.3) is 0 Å². The van der Waals surface area contributed by atoms with Crippen molar-refractivity contribution in [1.82, 2.24) is 14.7 Å². The zero-order valence-corrected chi connectivity index (χ0v) is 16.3. The third-order valence-corrected chi connectivity index (χ3v) is 6.21. The van der Waals surface area contributed by atoms with E-state index in [0.29, 0.717) is 5.92 Å². The molecule has 5 rings (SSSR count). The Morgan fingerprint density at radius 1 is 0.964 bits per heavy atom. The van der Waals surface area contributed by atoms with Gasteiger partial charge in [0.15, 0.2) is 0 Å². The lowest BCUT2D eigenvalue weighted by Crippen LogP contribution is -2.20. The first-order valence-corrected chi connectivity index (χ1v) is 10.5. The molecule has 2 heterocycles. The third kappa shape index (κ3) is 3.43. The number of para-hydroxylation sites is 1. The van der Waals surface area contributed by atoms with E-state index in [1.165, 1.54) is 54.7 Å². The molecule has 3 aromatic rings. The fourth-order valence-electron chi connectivity index (χ4n) is 4.70. The van der Waals surface area contributed by atoms with Crippen LogP contribution in [0.1, 0.15) is 42.0 Å². The van der Waals surface area contributed by atoms with Crippen LogP contribution in [0, 0.1) is 0 Å². The quantitative estimate of drug-likeness (QED) is 0.639. The highest BCUT2D eigenvalue weighted by molar-refractivity contribution is 5.69. The zero-order valence-electron chi connectivity index (χ0n) is 16.3. The molecule has 28 heavy (non-hydrogen) atoms. The second-order valence-electron chi connectivity index (χ2n) is 7.99. The van der Waals surface area contributed by atoms with Crippen LogP contribution in [-0.4, -0.2) is 34.3 Å². The van der Waals surface area contributed by atoms with Crippen LogP contribution in [0.5, 0.6) is 0 Å². The van der Waals surface area contributed by atoms with Crippen molar-refractivity contribution < 1.29 is 0 Å². The van der Waals surface area contributed by atoms with Crippen LogP contribution in [0.3, 0.4) is 0 Å². The van der Waals surface area contributed by atoms with Gasteiger partial charge in [-0.2, -0.15) is 5.10 Å². The summed E-state index contributed by atoms with van der Waals surface area (Å²) in [7, 11) is 0. The van der Waals surface area contributed by atoms with Gasteiger partial charge >= 0.3 is 0 Å². The van der Waals surface area contributed by atoms with E-state index in [1.54, 1.807) is 0 Å². The van der Waals surface area contributed by atoms with Crippen molar-refractivity contribution in [2.24, 2.45) is 0 Å². The first-order valence-electron chi connectivity index (χ1n) is 10.5. The Hall–Kier alpha value is -2.65. The van der Waals surface area contributed by atoms with E-state index in [4.69, 9.17) is 5.10 Å². The van der Waals surface area contributed by atoms with Gasteiger partial charge in [0, 0.05) is 18.7 Å². The van der Waals surface area contributed by atoms with Gasteiger partial charge in [-0.1, -0.05) is 54.6 Å². The molecule has 1 fully saturated rings. The average molecular weight is 370 g/mol. The summed E-state index contributed by atoms with van der Waals surface area (Å²) in [6, 6.07) is 21.5. The Labute approximate surface area is 167 Å². The number of likely N-dealkylation sites (tertiary alicyclic amines) is 1. The zero-order chi connectivity index (χ0) is 18.8. The molecule has 1 atom stereocenters. The third-order valence-electron chi connectivity index (χ3n) is 6.21. The lowest BCUT2D eigenvalue weighted by atomic mass is 9.92. The smallest absolute Gasteiger partial charge is 0.0649 e. The lowest BCUT2D eigenvalue weighted by molar-refractivity contribution is 0.372. The number of benzene rings is 2. The van der Waals surface area contributed by atoms with E-state index in [2.05, 4.69) is 82.5 Å². The highest BCUT2D eigenvalue weighted by atomic mass is 15.3. The molecule has 3 heteroatoms. The molecule has 1 aliphatic carbocycles. The number of fused-ring (bicyclic) bond motifs is 1. The lowest BCUT2D eigenvalue weighted by Gasteiger charge is -2.19. The number of hydrogen-bond acceptors (Lipinski definition) is 2. The summed E-state index contributed by atoms with van der Waals surface area (Å²) in [5.41, 5.74) is 6.85. The molecule has 0 N–H and O–H groups in total. The highest BCUT2D eigenvalue weighted by Gasteiger charge is 2.24. The fourth-order valence-corrected chi connectivity index (χ4v) is 4.70. The minimum Gasteiger partial charge on any atom is -0.299 e. The molecule has 142 valence electrons. The molecule has 1 saturated heterocycles. The molecule has 0 amide bonds. The normalized spacial score (nSPS) is 21.1. The van der Waals surface area contributed by atoms with Crippen LogP contribution < -0.4 is 0 Å². The first-order chi connectivity index (χ1) is 13.9. The summed E-state index contributed by atoms with van der Waals surface area (Å²) >= 11 is 0. The summed E-state index contributed by atoms with van der Waals surface area (Å²) in [4.78, 5) is 2.60. The molecule has 0 radical (unpaired) electrons.